The summed E-state index contributed by atoms with van der Waals surface area (Å²) in [5, 5.41) is 19.8. The molecule has 166 valence electrons. The molecule has 3 aromatic carbocycles. The Morgan fingerprint density at radius 2 is 1.64 bits per heavy atom. The van der Waals surface area contributed by atoms with Crippen LogP contribution in [0.1, 0.15) is 44.3 Å². The molecule has 2 heterocycles. The van der Waals surface area contributed by atoms with Crippen LogP contribution in [0.2, 0.25) is 0 Å². The van der Waals surface area contributed by atoms with Crippen molar-refractivity contribution in [3.8, 4) is 23.0 Å². The van der Waals surface area contributed by atoms with E-state index in [1.807, 2.05) is 0 Å². The number of halogens is 2. The van der Waals surface area contributed by atoms with Crippen molar-refractivity contribution in [3.63, 3.8) is 0 Å². The second-order valence-corrected chi connectivity index (χ2v) is 8.95. The molecular weight excluding hydrogens is 564 g/mol. The SMILES string of the molecule is CC(=O)Oc1ccc2c(c1Br)Oc1c(ccc(O)c1Br)C21OC(=O)c2ccc(C(=O)O)cc21. The second kappa shape index (κ2) is 7.32. The lowest BCUT2D eigenvalue weighted by molar-refractivity contribution is -0.131. The average Bonchev–Trinajstić information content (AvgIpc) is 3.05. The average molecular weight is 576 g/mol. The number of carbonyl (C=O) groups excluding carboxylic acids is 2. The lowest BCUT2D eigenvalue weighted by Crippen LogP contribution is -2.33. The van der Waals surface area contributed by atoms with Gasteiger partial charge in [-0.05, 0) is 74.3 Å². The summed E-state index contributed by atoms with van der Waals surface area (Å²) in [6, 6.07) is 10.2. The predicted molar refractivity (Wildman–Crippen MR) is 120 cm³/mol. The van der Waals surface area contributed by atoms with E-state index in [9.17, 15) is 24.6 Å². The standard InChI is InChI=1S/C23H12Br2O8/c1-9(26)31-16-7-5-13-20(18(16)25)32-19-12(4-6-15(27)17(19)24)23(13)14-8-10(21(28)29)2-3-11(14)22(30)33-23/h2-8,27H,1H3,(H,28,29). The van der Waals surface area contributed by atoms with Crippen LogP contribution in [0.3, 0.4) is 0 Å². The van der Waals surface area contributed by atoms with Crippen molar-refractivity contribution < 1.29 is 38.8 Å². The number of hydrogen-bond acceptors (Lipinski definition) is 7. The maximum Gasteiger partial charge on any atom is 0.340 e. The first-order valence-electron chi connectivity index (χ1n) is 9.47. The van der Waals surface area contributed by atoms with Crippen LogP contribution >= 0.6 is 31.9 Å². The fraction of sp³-hybridized carbons (Fsp3) is 0.0870. The van der Waals surface area contributed by atoms with Gasteiger partial charge in [-0.25, -0.2) is 9.59 Å². The summed E-state index contributed by atoms with van der Waals surface area (Å²) < 4.78 is 17.8. The first kappa shape index (κ1) is 21.5. The number of aromatic hydroxyl groups is 1. The molecule has 2 aliphatic heterocycles. The highest BCUT2D eigenvalue weighted by atomic mass is 79.9. The molecule has 0 saturated heterocycles. The van der Waals surface area contributed by atoms with Crippen LogP contribution in [0.4, 0.5) is 0 Å². The van der Waals surface area contributed by atoms with Crippen LogP contribution in [0.15, 0.2) is 51.4 Å². The minimum Gasteiger partial charge on any atom is -0.507 e. The molecule has 3 aromatic rings. The summed E-state index contributed by atoms with van der Waals surface area (Å²) in [5.74, 6) is -1.99. The summed E-state index contributed by atoms with van der Waals surface area (Å²) in [6.07, 6.45) is 0. The molecule has 8 nitrogen and oxygen atoms in total. The van der Waals surface area contributed by atoms with E-state index in [1.54, 1.807) is 12.1 Å². The molecule has 1 unspecified atom stereocenters. The van der Waals surface area contributed by atoms with Gasteiger partial charge in [-0.3, -0.25) is 4.79 Å². The fourth-order valence-electron chi connectivity index (χ4n) is 4.11. The highest BCUT2D eigenvalue weighted by molar-refractivity contribution is 9.11. The van der Waals surface area contributed by atoms with E-state index < -0.39 is 23.5 Å². The molecule has 33 heavy (non-hydrogen) atoms. The van der Waals surface area contributed by atoms with Crippen molar-refractivity contribution in [1.29, 1.82) is 0 Å². The van der Waals surface area contributed by atoms with Crippen LogP contribution in [0.25, 0.3) is 0 Å². The summed E-state index contributed by atoms with van der Waals surface area (Å²) in [5.41, 5.74) is -0.346. The third kappa shape index (κ3) is 2.97. The number of phenols is 1. The number of aromatic carboxylic acids is 1. The van der Waals surface area contributed by atoms with Crippen LogP contribution in [0, 0.1) is 0 Å². The highest BCUT2D eigenvalue weighted by Gasteiger charge is 2.55. The van der Waals surface area contributed by atoms with Crippen LogP contribution in [-0.4, -0.2) is 28.1 Å². The van der Waals surface area contributed by atoms with Gasteiger partial charge >= 0.3 is 17.9 Å². The van der Waals surface area contributed by atoms with E-state index in [2.05, 4.69) is 31.9 Å². The zero-order valence-corrected chi connectivity index (χ0v) is 19.8. The molecule has 0 fully saturated rings. The van der Waals surface area contributed by atoms with Crippen molar-refractivity contribution in [3.05, 3.63) is 79.2 Å². The Kier molecular flexibility index (Phi) is 4.77. The smallest absolute Gasteiger partial charge is 0.340 e. The molecule has 5 rings (SSSR count). The maximum atomic E-state index is 12.9. The number of phenolic OH excluding ortho intramolecular Hbond substituents is 1. The summed E-state index contributed by atoms with van der Waals surface area (Å²) in [4.78, 5) is 36.2. The molecule has 0 aromatic heterocycles. The molecule has 0 bridgehead atoms. The molecule has 0 amide bonds. The quantitative estimate of drug-likeness (QED) is 0.320. The monoisotopic (exact) mass is 574 g/mol. The minimum absolute atomic E-state index is 0.0329. The highest BCUT2D eigenvalue weighted by Crippen LogP contribution is 2.60. The molecule has 2 N–H and O–H groups in total. The van der Waals surface area contributed by atoms with Gasteiger partial charge in [-0.15, -0.1) is 0 Å². The third-order valence-electron chi connectivity index (χ3n) is 5.47. The number of fused-ring (bicyclic) bond motifs is 6. The van der Waals surface area contributed by atoms with Gasteiger partial charge in [0, 0.05) is 23.6 Å². The van der Waals surface area contributed by atoms with Gasteiger partial charge < -0.3 is 24.4 Å². The summed E-state index contributed by atoms with van der Waals surface area (Å²) in [7, 11) is 0. The zero-order chi connectivity index (χ0) is 23.7. The van der Waals surface area contributed by atoms with Crippen molar-refractivity contribution in [1.82, 2.24) is 0 Å². The summed E-state index contributed by atoms with van der Waals surface area (Å²) in [6.45, 7) is 1.25. The van der Waals surface area contributed by atoms with E-state index >= 15 is 0 Å². The number of ether oxygens (including phenoxy) is 3. The molecular formula is C23H12Br2O8. The van der Waals surface area contributed by atoms with Crippen molar-refractivity contribution in [2.75, 3.05) is 0 Å². The van der Waals surface area contributed by atoms with Gasteiger partial charge in [0.05, 0.1) is 11.1 Å². The Morgan fingerprint density at radius 3 is 2.30 bits per heavy atom. The van der Waals surface area contributed by atoms with E-state index in [0.29, 0.717) is 16.7 Å². The number of rotatable bonds is 2. The zero-order valence-electron chi connectivity index (χ0n) is 16.6. The van der Waals surface area contributed by atoms with Gasteiger partial charge in [-0.1, -0.05) is 0 Å². The Morgan fingerprint density at radius 1 is 0.970 bits per heavy atom. The Hall–Kier alpha value is -3.37. The number of hydrogen-bond donors (Lipinski definition) is 2. The largest absolute Gasteiger partial charge is 0.507 e. The molecule has 0 saturated carbocycles. The second-order valence-electron chi connectivity index (χ2n) is 7.36. The Balaban J connectivity index is 1.89. The predicted octanol–water partition coefficient (Wildman–Crippen LogP) is 5.11. The maximum absolute atomic E-state index is 12.9. The minimum atomic E-state index is -1.58. The van der Waals surface area contributed by atoms with Crippen molar-refractivity contribution >= 4 is 49.8 Å². The molecule has 2 aliphatic rings. The fourth-order valence-corrected chi connectivity index (χ4v) is 5.05. The van der Waals surface area contributed by atoms with Gasteiger partial charge in [0.2, 0.25) is 0 Å². The lowest BCUT2D eigenvalue weighted by Gasteiger charge is -2.37. The summed E-state index contributed by atoms with van der Waals surface area (Å²) >= 11 is 6.71. The number of esters is 2. The van der Waals surface area contributed by atoms with Gasteiger partial charge in [0.25, 0.3) is 0 Å². The number of carbonyl (C=O) groups is 3. The normalized spacial score (nSPS) is 17.5. The number of carboxylic acid groups (broad SMARTS) is 1. The molecule has 0 radical (unpaired) electrons. The van der Waals surface area contributed by atoms with Gasteiger partial charge in [-0.2, -0.15) is 0 Å². The van der Waals surface area contributed by atoms with Crippen molar-refractivity contribution in [2.24, 2.45) is 0 Å². The topological polar surface area (TPSA) is 119 Å². The first-order chi connectivity index (χ1) is 15.6. The first-order valence-corrected chi connectivity index (χ1v) is 11.1. The molecule has 1 atom stereocenters. The van der Waals surface area contributed by atoms with Crippen molar-refractivity contribution in [2.45, 2.75) is 12.5 Å². The number of carboxylic acids is 1. The molecule has 10 heteroatoms. The number of benzene rings is 3. The molecule has 1 spiro atoms. The van der Waals surface area contributed by atoms with Crippen LogP contribution < -0.4 is 9.47 Å². The third-order valence-corrected chi connectivity index (χ3v) is 6.98. The van der Waals surface area contributed by atoms with E-state index in [-0.39, 0.29) is 43.1 Å². The molecule has 0 aliphatic carbocycles. The van der Waals surface area contributed by atoms with Crippen LogP contribution in [0.5, 0.6) is 23.0 Å². The Labute approximate surface area is 203 Å². The lowest BCUT2D eigenvalue weighted by atomic mass is 9.77. The van der Waals surface area contributed by atoms with Crippen LogP contribution in [-0.2, 0) is 15.1 Å². The van der Waals surface area contributed by atoms with E-state index in [1.165, 1.54) is 37.3 Å². The Bertz CT molecular complexity index is 1410. The van der Waals surface area contributed by atoms with E-state index in [0.717, 1.165) is 0 Å². The van der Waals surface area contributed by atoms with Gasteiger partial charge in [0.15, 0.2) is 17.1 Å². The van der Waals surface area contributed by atoms with Gasteiger partial charge in [0.1, 0.15) is 20.4 Å². The van der Waals surface area contributed by atoms with E-state index in [4.69, 9.17) is 14.2 Å².